The third-order valence-corrected chi connectivity index (χ3v) is 7.11. The molecule has 5 nitrogen and oxygen atoms in total. The first-order chi connectivity index (χ1) is 17.1. The number of carbonyl (C=O) groups is 1. The van der Waals surface area contributed by atoms with Crippen LogP contribution >= 0.6 is 0 Å². The fourth-order valence-electron chi connectivity index (χ4n) is 5.38. The van der Waals surface area contributed by atoms with E-state index in [9.17, 15) is 9.18 Å². The van der Waals surface area contributed by atoms with E-state index in [1.54, 1.807) is 6.07 Å². The Hall–Kier alpha value is -3.54. The fourth-order valence-corrected chi connectivity index (χ4v) is 5.38. The second kappa shape index (κ2) is 9.98. The summed E-state index contributed by atoms with van der Waals surface area (Å²) in [5.74, 6) is 0.636. The first kappa shape index (κ1) is 23.2. The van der Waals surface area contributed by atoms with Gasteiger partial charge in [0.1, 0.15) is 11.6 Å². The summed E-state index contributed by atoms with van der Waals surface area (Å²) >= 11 is 0. The predicted molar refractivity (Wildman–Crippen MR) is 138 cm³/mol. The van der Waals surface area contributed by atoms with E-state index >= 15 is 0 Å². The van der Waals surface area contributed by atoms with Crippen LogP contribution in [0.4, 0.5) is 20.6 Å². The van der Waals surface area contributed by atoms with Gasteiger partial charge in [0.25, 0.3) is 0 Å². The van der Waals surface area contributed by atoms with E-state index in [0.717, 1.165) is 54.1 Å². The van der Waals surface area contributed by atoms with Crippen LogP contribution in [-0.2, 0) is 13.1 Å². The van der Waals surface area contributed by atoms with Crippen LogP contribution in [-0.4, -0.2) is 36.7 Å². The smallest absolute Gasteiger partial charge is 0.325 e. The Morgan fingerprint density at radius 2 is 1.71 bits per heavy atom. The average Bonchev–Trinajstić information content (AvgIpc) is 2.87. The Morgan fingerprint density at radius 3 is 2.49 bits per heavy atom. The summed E-state index contributed by atoms with van der Waals surface area (Å²) in [6, 6.07) is 21.4. The summed E-state index contributed by atoms with van der Waals surface area (Å²) in [6.45, 7) is 7.00. The number of ether oxygens (including phenoxy) is 1. The molecule has 35 heavy (non-hydrogen) atoms. The summed E-state index contributed by atoms with van der Waals surface area (Å²) in [5, 5.41) is 0. The zero-order valence-electron chi connectivity index (χ0n) is 20.4. The number of amides is 2. The molecule has 3 aromatic rings. The minimum absolute atomic E-state index is 0.0236. The van der Waals surface area contributed by atoms with Crippen molar-refractivity contribution in [3.8, 4) is 5.75 Å². The SMILES string of the molecule is CCOc1ccccc1CN1C(=O)N(C2CCN(c3c(C)cccc3F)CC2)Cc2ccccc21. The van der Waals surface area contributed by atoms with E-state index in [2.05, 4.69) is 11.0 Å². The number of para-hydroxylation sites is 3. The molecule has 0 bridgehead atoms. The molecule has 0 atom stereocenters. The van der Waals surface area contributed by atoms with Gasteiger partial charge in [-0.05, 0) is 56.0 Å². The molecule has 5 rings (SSSR count). The Kier molecular flexibility index (Phi) is 6.62. The lowest BCUT2D eigenvalue weighted by molar-refractivity contribution is 0.159. The molecule has 0 saturated carbocycles. The van der Waals surface area contributed by atoms with Gasteiger partial charge < -0.3 is 14.5 Å². The lowest BCUT2D eigenvalue weighted by Gasteiger charge is -2.44. The van der Waals surface area contributed by atoms with Crippen molar-refractivity contribution < 1.29 is 13.9 Å². The third-order valence-electron chi connectivity index (χ3n) is 7.11. The first-order valence-corrected chi connectivity index (χ1v) is 12.4. The molecule has 0 aliphatic carbocycles. The lowest BCUT2D eigenvalue weighted by atomic mass is 9.99. The van der Waals surface area contributed by atoms with Crippen LogP contribution in [0.15, 0.2) is 66.7 Å². The minimum atomic E-state index is -0.175. The highest BCUT2D eigenvalue weighted by Gasteiger charge is 2.36. The molecule has 6 heteroatoms. The van der Waals surface area contributed by atoms with Gasteiger partial charge in [-0.3, -0.25) is 4.90 Å². The van der Waals surface area contributed by atoms with E-state index in [1.165, 1.54) is 6.07 Å². The van der Waals surface area contributed by atoms with Gasteiger partial charge in [-0.15, -0.1) is 0 Å². The van der Waals surface area contributed by atoms with Crippen LogP contribution in [0.3, 0.4) is 0 Å². The third kappa shape index (κ3) is 4.57. The molecule has 2 aliphatic rings. The van der Waals surface area contributed by atoms with Crippen molar-refractivity contribution in [3.05, 3.63) is 89.2 Å². The largest absolute Gasteiger partial charge is 0.494 e. The van der Waals surface area contributed by atoms with E-state index in [-0.39, 0.29) is 17.9 Å². The van der Waals surface area contributed by atoms with Crippen molar-refractivity contribution in [2.24, 2.45) is 0 Å². The van der Waals surface area contributed by atoms with Crippen molar-refractivity contribution in [1.82, 2.24) is 4.90 Å². The van der Waals surface area contributed by atoms with Crippen molar-refractivity contribution in [3.63, 3.8) is 0 Å². The maximum Gasteiger partial charge on any atom is 0.325 e. The molecule has 182 valence electrons. The zero-order chi connectivity index (χ0) is 24.4. The molecule has 2 heterocycles. The molecule has 2 aliphatic heterocycles. The van der Waals surface area contributed by atoms with Crippen LogP contribution in [0.1, 0.15) is 36.5 Å². The zero-order valence-corrected chi connectivity index (χ0v) is 20.4. The number of benzene rings is 3. The molecule has 0 aromatic heterocycles. The highest BCUT2D eigenvalue weighted by atomic mass is 19.1. The average molecular weight is 474 g/mol. The molecule has 2 amide bonds. The Morgan fingerprint density at radius 1 is 0.971 bits per heavy atom. The van der Waals surface area contributed by atoms with Crippen LogP contribution < -0.4 is 14.5 Å². The molecule has 0 radical (unpaired) electrons. The van der Waals surface area contributed by atoms with Gasteiger partial charge in [0.15, 0.2) is 0 Å². The highest BCUT2D eigenvalue weighted by Crippen LogP contribution is 2.35. The summed E-state index contributed by atoms with van der Waals surface area (Å²) in [4.78, 5) is 19.9. The fraction of sp³-hybridized carbons (Fsp3) is 0.345. The van der Waals surface area contributed by atoms with Crippen LogP contribution in [0.2, 0.25) is 0 Å². The number of nitrogens with zero attached hydrogens (tertiary/aromatic N) is 3. The van der Waals surface area contributed by atoms with E-state index < -0.39 is 0 Å². The number of hydrogen-bond donors (Lipinski definition) is 0. The van der Waals surface area contributed by atoms with Gasteiger partial charge in [0.05, 0.1) is 24.5 Å². The van der Waals surface area contributed by atoms with Gasteiger partial charge in [-0.2, -0.15) is 0 Å². The number of hydrogen-bond acceptors (Lipinski definition) is 3. The number of piperidine rings is 1. The van der Waals surface area contributed by atoms with Gasteiger partial charge >= 0.3 is 6.03 Å². The highest BCUT2D eigenvalue weighted by molar-refractivity contribution is 5.95. The van der Waals surface area contributed by atoms with E-state index in [4.69, 9.17) is 4.74 Å². The van der Waals surface area contributed by atoms with Crippen molar-refractivity contribution in [2.45, 2.75) is 45.8 Å². The molecule has 1 fully saturated rings. The Balaban J connectivity index is 1.37. The summed E-state index contributed by atoms with van der Waals surface area (Å²) in [7, 11) is 0. The van der Waals surface area contributed by atoms with Crippen LogP contribution in [0.5, 0.6) is 5.75 Å². The van der Waals surface area contributed by atoms with Gasteiger partial charge in [0, 0.05) is 31.2 Å². The lowest BCUT2D eigenvalue weighted by Crippen LogP contribution is -2.54. The van der Waals surface area contributed by atoms with Crippen LogP contribution in [0.25, 0.3) is 0 Å². The van der Waals surface area contributed by atoms with Gasteiger partial charge in [-0.25, -0.2) is 9.18 Å². The molecule has 0 unspecified atom stereocenters. The maximum atomic E-state index is 14.5. The molecular weight excluding hydrogens is 441 g/mol. The number of rotatable bonds is 6. The minimum Gasteiger partial charge on any atom is -0.494 e. The van der Waals surface area contributed by atoms with Crippen molar-refractivity contribution >= 4 is 17.4 Å². The first-order valence-electron chi connectivity index (χ1n) is 12.4. The monoisotopic (exact) mass is 473 g/mol. The number of urea groups is 1. The second-order valence-electron chi connectivity index (χ2n) is 9.29. The molecular formula is C29H32FN3O2. The van der Waals surface area contributed by atoms with Gasteiger partial charge in [0.2, 0.25) is 0 Å². The standard InChI is InChI=1S/C29H32FN3O2/c1-3-35-27-14-7-5-11-23(27)20-33-26-13-6-4-10-22(26)19-32(29(33)34)24-15-17-31(18-16-24)28-21(2)9-8-12-25(28)30/h4-14,24H,3,15-20H2,1-2H3. The number of carbonyl (C=O) groups excluding carboxylic acids is 1. The topological polar surface area (TPSA) is 36.0 Å². The van der Waals surface area contributed by atoms with Gasteiger partial charge in [-0.1, -0.05) is 48.5 Å². The second-order valence-corrected chi connectivity index (χ2v) is 9.29. The molecule has 0 N–H and O–H groups in total. The van der Waals surface area contributed by atoms with Crippen molar-refractivity contribution in [1.29, 1.82) is 0 Å². The Labute approximate surface area is 206 Å². The number of anilines is 2. The van der Waals surface area contributed by atoms with Crippen LogP contribution in [0, 0.1) is 12.7 Å². The Bertz CT molecular complexity index is 1190. The number of aryl methyl sites for hydroxylation is 1. The normalized spacial score (nSPS) is 16.4. The number of halogens is 1. The van der Waals surface area contributed by atoms with Crippen molar-refractivity contribution in [2.75, 3.05) is 29.5 Å². The van der Waals surface area contributed by atoms with E-state index in [1.807, 2.05) is 72.2 Å². The molecule has 3 aromatic carbocycles. The number of fused-ring (bicyclic) bond motifs is 1. The quantitative estimate of drug-likeness (QED) is 0.431. The molecule has 0 spiro atoms. The summed E-state index contributed by atoms with van der Waals surface area (Å²) in [6.07, 6.45) is 1.62. The molecule has 1 saturated heterocycles. The predicted octanol–water partition coefficient (Wildman–Crippen LogP) is 6.14. The van der Waals surface area contributed by atoms with E-state index in [0.29, 0.717) is 25.4 Å². The summed E-state index contributed by atoms with van der Waals surface area (Å²) in [5.41, 5.74) is 4.73. The maximum absolute atomic E-state index is 14.5. The summed E-state index contributed by atoms with van der Waals surface area (Å²) < 4.78 is 20.4.